The third kappa shape index (κ3) is 4.68. The normalized spacial score (nSPS) is 11.5. The van der Waals surface area contributed by atoms with Crippen molar-refractivity contribution in [2.24, 2.45) is 0 Å². The summed E-state index contributed by atoms with van der Waals surface area (Å²) < 4.78 is 40.5. The molecule has 0 aliphatic heterocycles. The molecule has 1 N–H and O–H groups in total. The van der Waals surface area contributed by atoms with Gasteiger partial charge in [-0.2, -0.15) is 4.31 Å². The molecule has 0 heterocycles. The molecular weight excluding hydrogens is 355 g/mol. The predicted octanol–water partition coefficient (Wildman–Crippen LogP) is 3.89. The van der Waals surface area contributed by atoms with Crippen molar-refractivity contribution in [3.8, 4) is 0 Å². The number of amides is 1. The van der Waals surface area contributed by atoms with E-state index < -0.39 is 21.7 Å². The number of hydrogen-bond donors (Lipinski definition) is 1. The Hall–Kier alpha value is -2.25. The molecule has 0 spiro atoms. The monoisotopic (exact) mass is 378 g/mol. The fourth-order valence-electron chi connectivity index (χ4n) is 2.55. The molecular formula is C19H23FN2O3S. The second-order valence-corrected chi connectivity index (χ2v) is 7.80. The minimum atomic E-state index is -3.57. The minimum Gasteiger partial charge on any atom is -0.322 e. The summed E-state index contributed by atoms with van der Waals surface area (Å²) in [5, 5.41) is 2.57. The van der Waals surface area contributed by atoms with Crippen molar-refractivity contribution in [1.82, 2.24) is 4.31 Å². The Bertz CT molecular complexity index is 845. The molecule has 2 aromatic rings. The first-order valence-corrected chi connectivity index (χ1v) is 10.00. The number of benzene rings is 2. The number of anilines is 1. The maximum atomic E-state index is 13.7. The number of nitrogens with one attached hydrogen (secondary N) is 1. The average molecular weight is 378 g/mol. The van der Waals surface area contributed by atoms with Crippen LogP contribution in [0.5, 0.6) is 0 Å². The van der Waals surface area contributed by atoms with Crippen molar-refractivity contribution < 1.29 is 17.6 Å². The smallest absolute Gasteiger partial charge is 0.258 e. The lowest BCUT2D eigenvalue weighted by Crippen LogP contribution is -2.32. The third-order valence-corrected chi connectivity index (χ3v) is 5.73. The molecule has 140 valence electrons. The van der Waals surface area contributed by atoms with Crippen molar-refractivity contribution in [2.45, 2.75) is 31.6 Å². The van der Waals surface area contributed by atoms with E-state index in [0.717, 1.165) is 12.8 Å². The highest BCUT2D eigenvalue weighted by atomic mass is 32.2. The highest BCUT2D eigenvalue weighted by molar-refractivity contribution is 7.89. The molecule has 0 radical (unpaired) electrons. The van der Waals surface area contributed by atoms with E-state index in [1.54, 1.807) is 6.07 Å². The molecule has 26 heavy (non-hydrogen) atoms. The highest BCUT2D eigenvalue weighted by Gasteiger charge is 2.23. The number of halogens is 1. The molecule has 0 saturated carbocycles. The lowest BCUT2D eigenvalue weighted by molar-refractivity contribution is 0.102. The van der Waals surface area contributed by atoms with Crippen LogP contribution in [0.4, 0.5) is 10.1 Å². The molecule has 0 aliphatic rings. The number of hydrogen-bond acceptors (Lipinski definition) is 3. The van der Waals surface area contributed by atoms with Gasteiger partial charge in [0.15, 0.2) is 0 Å². The van der Waals surface area contributed by atoms with E-state index in [1.165, 1.54) is 46.8 Å². The van der Waals surface area contributed by atoms with E-state index in [-0.39, 0.29) is 10.5 Å². The Morgan fingerprint density at radius 2 is 1.58 bits per heavy atom. The first-order valence-electron chi connectivity index (χ1n) is 8.56. The molecule has 0 aliphatic carbocycles. The van der Waals surface area contributed by atoms with Gasteiger partial charge in [0.05, 0.1) is 10.5 Å². The SMILES string of the molecule is CCCN(CCC)S(=O)(=O)c1ccc(NC(=O)c2ccccc2F)cc1. The van der Waals surface area contributed by atoms with Crippen LogP contribution in [0.1, 0.15) is 37.0 Å². The lowest BCUT2D eigenvalue weighted by atomic mass is 10.2. The first kappa shape index (κ1) is 20.1. The van der Waals surface area contributed by atoms with E-state index in [9.17, 15) is 17.6 Å². The molecule has 1 amide bonds. The number of sulfonamides is 1. The van der Waals surface area contributed by atoms with Crippen LogP contribution >= 0.6 is 0 Å². The van der Waals surface area contributed by atoms with Gasteiger partial charge in [-0.15, -0.1) is 0 Å². The van der Waals surface area contributed by atoms with Crippen molar-refractivity contribution in [2.75, 3.05) is 18.4 Å². The van der Waals surface area contributed by atoms with Crippen LogP contribution in [0.15, 0.2) is 53.4 Å². The summed E-state index contributed by atoms with van der Waals surface area (Å²) in [5.41, 5.74) is 0.330. The van der Waals surface area contributed by atoms with Gasteiger partial charge in [-0.25, -0.2) is 12.8 Å². The molecule has 2 aromatic carbocycles. The zero-order valence-corrected chi connectivity index (χ0v) is 15.7. The van der Waals surface area contributed by atoms with Gasteiger partial charge < -0.3 is 5.32 Å². The van der Waals surface area contributed by atoms with Gasteiger partial charge in [0.2, 0.25) is 10.0 Å². The van der Waals surface area contributed by atoms with Crippen molar-refractivity contribution >= 4 is 21.6 Å². The topological polar surface area (TPSA) is 66.5 Å². The number of nitrogens with zero attached hydrogens (tertiary/aromatic N) is 1. The van der Waals surface area contributed by atoms with Crippen molar-refractivity contribution in [3.63, 3.8) is 0 Å². The van der Waals surface area contributed by atoms with Gasteiger partial charge in [-0.1, -0.05) is 26.0 Å². The van der Waals surface area contributed by atoms with Crippen LogP contribution in [0.25, 0.3) is 0 Å². The summed E-state index contributed by atoms with van der Waals surface area (Å²) in [6.07, 6.45) is 1.46. The molecule has 0 fully saturated rings. The van der Waals surface area contributed by atoms with Crippen LogP contribution < -0.4 is 5.32 Å². The standard InChI is InChI=1S/C19H23FN2O3S/c1-3-13-22(14-4-2)26(24,25)16-11-9-15(10-12-16)21-19(23)17-7-5-6-8-18(17)20/h5-12H,3-4,13-14H2,1-2H3,(H,21,23). The number of rotatable bonds is 8. The summed E-state index contributed by atoms with van der Waals surface area (Å²) >= 11 is 0. The van der Waals surface area contributed by atoms with Gasteiger partial charge in [-0.3, -0.25) is 4.79 Å². The number of carbonyl (C=O) groups excluding carboxylic acids is 1. The predicted molar refractivity (Wildman–Crippen MR) is 100 cm³/mol. The minimum absolute atomic E-state index is 0.0683. The van der Waals surface area contributed by atoms with Crippen LogP contribution in [0.2, 0.25) is 0 Å². The quantitative estimate of drug-likeness (QED) is 0.758. The maximum absolute atomic E-state index is 13.7. The second kappa shape index (κ2) is 8.91. The summed E-state index contributed by atoms with van der Waals surface area (Å²) in [5.74, 6) is -1.20. The summed E-state index contributed by atoms with van der Waals surface area (Å²) in [6, 6.07) is 11.6. The lowest BCUT2D eigenvalue weighted by Gasteiger charge is -2.21. The van der Waals surface area contributed by atoms with E-state index in [1.807, 2.05) is 13.8 Å². The fourth-order valence-corrected chi connectivity index (χ4v) is 4.18. The molecule has 0 saturated heterocycles. The maximum Gasteiger partial charge on any atom is 0.258 e. The van der Waals surface area contributed by atoms with E-state index >= 15 is 0 Å². The average Bonchev–Trinajstić information content (AvgIpc) is 2.62. The Kier molecular flexibility index (Phi) is 6.88. The zero-order chi connectivity index (χ0) is 19.2. The van der Waals surface area contributed by atoms with Gasteiger partial charge in [0.25, 0.3) is 5.91 Å². The van der Waals surface area contributed by atoms with Crippen LogP contribution in [-0.2, 0) is 10.0 Å². The van der Waals surface area contributed by atoms with Crippen molar-refractivity contribution in [1.29, 1.82) is 0 Å². The molecule has 0 atom stereocenters. The summed E-state index contributed by atoms with van der Waals surface area (Å²) in [6.45, 7) is 4.78. The first-order chi connectivity index (χ1) is 12.4. The van der Waals surface area contributed by atoms with Crippen LogP contribution in [0, 0.1) is 5.82 Å². The summed E-state index contributed by atoms with van der Waals surface area (Å²) in [4.78, 5) is 12.3. The zero-order valence-electron chi connectivity index (χ0n) is 14.9. The van der Waals surface area contributed by atoms with Gasteiger partial charge >= 0.3 is 0 Å². The van der Waals surface area contributed by atoms with E-state index in [2.05, 4.69) is 5.32 Å². The van der Waals surface area contributed by atoms with Crippen LogP contribution in [0.3, 0.4) is 0 Å². The number of carbonyl (C=O) groups is 1. The van der Waals surface area contributed by atoms with Gasteiger partial charge in [0, 0.05) is 18.8 Å². The Morgan fingerprint density at radius 1 is 1.00 bits per heavy atom. The second-order valence-electron chi connectivity index (χ2n) is 5.86. The molecule has 0 unspecified atom stereocenters. The van der Waals surface area contributed by atoms with E-state index in [4.69, 9.17) is 0 Å². The highest BCUT2D eigenvalue weighted by Crippen LogP contribution is 2.20. The Balaban J connectivity index is 2.17. The van der Waals surface area contributed by atoms with Crippen LogP contribution in [-0.4, -0.2) is 31.7 Å². The Morgan fingerprint density at radius 3 is 2.12 bits per heavy atom. The molecule has 0 aromatic heterocycles. The molecule has 7 heteroatoms. The van der Waals surface area contributed by atoms with Crippen molar-refractivity contribution in [3.05, 3.63) is 59.9 Å². The largest absolute Gasteiger partial charge is 0.322 e. The van der Waals surface area contributed by atoms with Gasteiger partial charge in [-0.05, 0) is 49.2 Å². The molecule has 5 nitrogen and oxygen atoms in total. The third-order valence-electron chi connectivity index (χ3n) is 3.81. The fraction of sp³-hybridized carbons (Fsp3) is 0.316. The van der Waals surface area contributed by atoms with E-state index in [0.29, 0.717) is 18.8 Å². The van der Waals surface area contributed by atoms with Gasteiger partial charge in [0.1, 0.15) is 5.82 Å². The molecule has 2 rings (SSSR count). The summed E-state index contributed by atoms with van der Waals surface area (Å²) in [7, 11) is -3.57. The molecule has 0 bridgehead atoms. The Labute approximate surface area is 153 Å².